The molecule has 1 heterocycles. The van der Waals surface area contributed by atoms with Gasteiger partial charge in [0.25, 0.3) is 6.26 Å². The van der Waals surface area contributed by atoms with Crippen molar-refractivity contribution >= 4 is 0 Å². The highest BCUT2D eigenvalue weighted by Crippen LogP contribution is 2.19. The zero-order chi connectivity index (χ0) is 13.8. The van der Waals surface area contributed by atoms with E-state index in [1.807, 2.05) is 30.3 Å². The Morgan fingerprint density at radius 3 is 2.45 bits per heavy atom. The minimum Gasteiger partial charge on any atom is -0.388 e. The van der Waals surface area contributed by atoms with Crippen LogP contribution in [-0.4, -0.2) is 20.2 Å². The highest BCUT2D eigenvalue weighted by molar-refractivity contribution is 5.55. The zero-order valence-electron chi connectivity index (χ0n) is 10.3. The molecular weight excluding hydrogens is 254 g/mol. The number of aromatic nitrogens is 4. The molecule has 0 N–H and O–H groups in total. The van der Waals surface area contributed by atoms with E-state index in [-0.39, 0.29) is 0 Å². The molecule has 0 spiro atoms. The molecule has 0 saturated heterocycles. The molecule has 0 fully saturated rings. The Kier molecular flexibility index (Phi) is 3.08. The van der Waals surface area contributed by atoms with Gasteiger partial charge in [0.05, 0.1) is 5.69 Å². The van der Waals surface area contributed by atoms with Gasteiger partial charge >= 0.3 is 0 Å². The second-order valence-electron chi connectivity index (χ2n) is 3.96. The summed E-state index contributed by atoms with van der Waals surface area (Å²) in [4.78, 5) is 1.47. The molecule has 2 aromatic carbocycles. The lowest BCUT2D eigenvalue weighted by molar-refractivity contribution is 0.507. The normalized spacial score (nSPS) is 9.95. The smallest absolute Gasteiger partial charge is 0.292 e. The summed E-state index contributed by atoms with van der Waals surface area (Å²) in [7, 11) is 0. The SMILES string of the molecule is N#COc1ccc(-c2nnn(-c3ccccc3)n2)cc1. The van der Waals surface area contributed by atoms with Gasteiger partial charge in [0.15, 0.2) is 0 Å². The van der Waals surface area contributed by atoms with E-state index < -0.39 is 0 Å². The fraction of sp³-hybridized carbons (Fsp3) is 0. The molecule has 3 rings (SSSR count). The lowest BCUT2D eigenvalue weighted by Crippen LogP contribution is -1.98. The molecule has 0 aliphatic heterocycles. The quantitative estimate of drug-likeness (QED) is 0.677. The number of para-hydroxylation sites is 1. The van der Waals surface area contributed by atoms with Gasteiger partial charge in [0, 0.05) is 5.56 Å². The summed E-state index contributed by atoms with van der Waals surface area (Å²) >= 11 is 0. The van der Waals surface area contributed by atoms with E-state index in [4.69, 9.17) is 10.00 Å². The highest BCUT2D eigenvalue weighted by Gasteiger charge is 2.07. The number of rotatable bonds is 3. The molecule has 0 aliphatic rings. The van der Waals surface area contributed by atoms with E-state index in [0.717, 1.165) is 11.3 Å². The number of hydrogen-bond donors (Lipinski definition) is 0. The predicted octanol–water partition coefficient (Wildman–Crippen LogP) is 2.19. The molecule has 6 nitrogen and oxygen atoms in total. The first kappa shape index (κ1) is 11.9. The highest BCUT2D eigenvalue weighted by atomic mass is 16.5. The third-order valence-corrected chi connectivity index (χ3v) is 2.68. The van der Waals surface area contributed by atoms with Crippen LogP contribution in [-0.2, 0) is 0 Å². The predicted molar refractivity (Wildman–Crippen MR) is 70.8 cm³/mol. The molecule has 0 unspecified atom stereocenters. The van der Waals surface area contributed by atoms with Gasteiger partial charge < -0.3 is 4.74 Å². The van der Waals surface area contributed by atoms with Crippen molar-refractivity contribution in [3.63, 3.8) is 0 Å². The first-order valence-electron chi connectivity index (χ1n) is 5.88. The van der Waals surface area contributed by atoms with Crippen molar-refractivity contribution in [2.75, 3.05) is 0 Å². The summed E-state index contributed by atoms with van der Waals surface area (Å²) in [6, 6.07) is 16.5. The molecule has 0 atom stereocenters. The van der Waals surface area contributed by atoms with Crippen LogP contribution in [0.1, 0.15) is 0 Å². The Bertz CT molecular complexity index is 743. The van der Waals surface area contributed by atoms with Crippen LogP contribution in [0.25, 0.3) is 17.1 Å². The Hall–Kier alpha value is -3.20. The molecule has 1 aromatic heterocycles. The molecule has 0 radical (unpaired) electrons. The van der Waals surface area contributed by atoms with Crippen molar-refractivity contribution in [2.24, 2.45) is 0 Å². The van der Waals surface area contributed by atoms with Crippen molar-refractivity contribution in [2.45, 2.75) is 0 Å². The molecule has 0 saturated carbocycles. The Balaban J connectivity index is 1.89. The molecule has 96 valence electrons. The van der Waals surface area contributed by atoms with Crippen molar-refractivity contribution in [1.82, 2.24) is 20.2 Å². The Morgan fingerprint density at radius 1 is 1.00 bits per heavy atom. The average Bonchev–Trinajstić information content (AvgIpc) is 2.99. The van der Waals surface area contributed by atoms with Crippen LogP contribution >= 0.6 is 0 Å². The molecule has 0 aliphatic carbocycles. The lowest BCUT2D eigenvalue weighted by atomic mass is 10.2. The molecule has 0 amide bonds. The summed E-state index contributed by atoms with van der Waals surface area (Å²) in [6.07, 6.45) is 1.62. The van der Waals surface area contributed by atoms with Gasteiger partial charge in [-0.05, 0) is 41.6 Å². The fourth-order valence-corrected chi connectivity index (χ4v) is 1.73. The third-order valence-electron chi connectivity index (χ3n) is 2.68. The monoisotopic (exact) mass is 263 g/mol. The van der Waals surface area contributed by atoms with E-state index in [9.17, 15) is 0 Å². The van der Waals surface area contributed by atoms with Crippen LogP contribution in [0.4, 0.5) is 0 Å². The second-order valence-corrected chi connectivity index (χ2v) is 3.96. The number of tetrazole rings is 1. The maximum atomic E-state index is 8.43. The van der Waals surface area contributed by atoms with Crippen molar-refractivity contribution in [1.29, 1.82) is 5.26 Å². The molecule has 20 heavy (non-hydrogen) atoms. The molecule has 3 aromatic rings. The summed E-state index contributed by atoms with van der Waals surface area (Å²) in [6.45, 7) is 0. The largest absolute Gasteiger partial charge is 0.388 e. The van der Waals surface area contributed by atoms with Crippen LogP contribution in [0.15, 0.2) is 54.6 Å². The maximum absolute atomic E-state index is 8.43. The number of ether oxygens (including phenoxy) is 1. The Morgan fingerprint density at radius 2 is 1.75 bits per heavy atom. The van der Waals surface area contributed by atoms with Crippen molar-refractivity contribution in [3.05, 3.63) is 54.6 Å². The summed E-state index contributed by atoms with van der Waals surface area (Å²) in [5.74, 6) is 0.990. The van der Waals surface area contributed by atoms with E-state index >= 15 is 0 Å². The van der Waals surface area contributed by atoms with Gasteiger partial charge in [0.2, 0.25) is 5.82 Å². The lowest BCUT2D eigenvalue weighted by Gasteiger charge is -1.97. The number of nitriles is 1. The Labute approximate surface area is 114 Å². The van der Waals surface area contributed by atoms with Crippen molar-refractivity contribution < 1.29 is 4.74 Å². The minimum absolute atomic E-state index is 0.478. The van der Waals surface area contributed by atoms with Crippen LogP contribution in [0, 0.1) is 11.5 Å². The van der Waals surface area contributed by atoms with Gasteiger partial charge in [-0.25, -0.2) is 0 Å². The molecule has 0 bridgehead atoms. The maximum Gasteiger partial charge on any atom is 0.292 e. The van der Waals surface area contributed by atoms with Crippen LogP contribution in [0.5, 0.6) is 5.75 Å². The first-order chi connectivity index (χ1) is 9.86. The molecule has 6 heteroatoms. The van der Waals surface area contributed by atoms with Gasteiger partial charge in [-0.1, -0.05) is 18.2 Å². The van der Waals surface area contributed by atoms with E-state index in [2.05, 4.69) is 15.4 Å². The summed E-state index contributed by atoms with van der Waals surface area (Å²) < 4.78 is 4.72. The first-order valence-corrected chi connectivity index (χ1v) is 5.88. The number of hydrogen-bond acceptors (Lipinski definition) is 5. The standard InChI is InChI=1S/C14H9N5O/c15-10-20-13-8-6-11(7-9-13)14-16-18-19(17-14)12-4-2-1-3-5-12/h1-9H. The minimum atomic E-state index is 0.478. The van der Waals surface area contributed by atoms with Crippen LogP contribution in [0.2, 0.25) is 0 Å². The van der Waals surface area contributed by atoms with Gasteiger partial charge in [-0.2, -0.15) is 0 Å². The van der Waals surface area contributed by atoms with Gasteiger partial charge in [-0.3, -0.25) is 0 Å². The zero-order valence-corrected chi connectivity index (χ0v) is 10.3. The number of nitrogens with zero attached hydrogens (tertiary/aromatic N) is 5. The van der Waals surface area contributed by atoms with Crippen LogP contribution < -0.4 is 4.74 Å². The summed E-state index contributed by atoms with van der Waals surface area (Å²) in [5, 5.41) is 20.8. The van der Waals surface area contributed by atoms with Crippen LogP contribution in [0.3, 0.4) is 0 Å². The second kappa shape index (κ2) is 5.20. The fourth-order valence-electron chi connectivity index (χ4n) is 1.73. The van der Waals surface area contributed by atoms with E-state index in [0.29, 0.717) is 11.6 Å². The van der Waals surface area contributed by atoms with Crippen molar-refractivity contribution in [3.8, 4) is 29.1 Å². The third kappa shape index (κ3) is 2.33. The molecular formula is C14H9N5O. The average molecular weight is 263 g/mol. The van der Waals surface area contributed by atoms with Gasteiger partial charge in [0.1, 0.15) is 5.75 Å². The topological polar surface area (TPSA) is 76.6 Å². The number of benzene rings is 2. The van der Waals surface area contributed by atoms with E-state index in [1.165, 1.54) is 4.80 Å². The summed E-state index contributed by atoms with van der Waals surface area (Å²) in [5.41, 5.74) is 1.65. The van der Waals surface area contributed by atoms with Gasteiger partial charge in [-0.15, -0.1) is 20.3 Å². The van der Waals surface area contributed by atoms with E-state index in [1.54, 1.807) is 30.5 Å².